The molecule has 0 heteroatoms. The monoisotopic (exact) mass is 172 g/mol. The molecular weight excluding hydrogens is 156 g/mol. The van der Waals surface area contributed by atoms with E-state index in [1.165, 1.54) is 23.1 Å². The van der Waals surface area contributed by atoms with E-state index in [-0.39, 0.29) is 0 Å². The van der Waals surface area contributed by atoms with E-state index in [2.05, 4.69) is 44.2 Å². The van der Waals surface area contributed by atoms with Gasteiger partial charge in [0.15, 0.2) is 0 Å². The van der Waals surface area contributed by atoms with Crippen LogP contribution in [0.2, 0.25) is 0 Å². The van der Waals surface area contributed by atoms with E-state index >= 15 is 0 Å². The molecule has 2 rings (SSSR count). The molecule has 1 aliphatic rings. The first kappa shape index (κ1) is 8.55. The first-order valence-electron chi connectivity index (χ1n) is 5.16. The number of allylic oxidation sites excluding steroid dienone is 2. The summed E-state index contributed by atoms with van der Waals surface area (Å²) in [5.41, 5.74) is 4.54. The predicted molar refractivity (Wildman–Crippen MR) is 57.7 cm³/mol. The van der Waals surface area contributed by atoms with Crippen LogP contribution in [0.25, 0.3) is 5.57 Å². The van der Waals surface area contributed by atoms with Gasteiger partial charge in [-0.1, -0.05) is 44.2 Å². The van der Waals surface area contributed by atoms with E-state index in [0.717, 1.165) is 6.42 Å². The molecule has 13 heavy (non-hydrogen) atoms. The maximum absolute atomic E-state index is 2.44. The zero-order chi connectivity index (χ0) is 9.26. The zero-order valence-electron chi connectivity index (χ0n) is 8.38. The summed E-state index contributed by atoms with van der Waals surface area (Å²) in [5, 5.41) is 0. The average Bonchev–Trinajstić information content (AvgIpc) is 2.56. The maximum atomic E-state index is 2.44. The Morgan fingerprint density at radius 3 is 2.62 bits per heavy atom. The van der Waals surface area contributed by atoms with Gasteiger partial charge in [0.05, 0.1) is 0 Å². The Bertz CT molecular complexity index is 334. The van der Waals surface area contributed by atoms with Gasteiger partial charge < -0.3 is 0 Å². The normalized spacial score (nSPS) is 19.8. The summed E-state index contributed by atoms with van der Waals surface area (Å²) in [6.45, 7) is 4.50. The van der Waals surface area contributed by atoms with Crippen molar-refractivity contribution in [1.29, 1.82) is 0 Å². The Kier molecular flexibility index (Phi) is 2.22. The largest absolute Gasteiger partial charge is 0.0732 e. The molecule has 0 bridgehead atoms. The summed E-state index contributed by atoms with van der Waals surface area (Å²) in [7, 11) is 0. The molecule has 68 valence electrons. The highest BCUT2D eigenvalue weighted by Crippen LogP contribution is 2.38. The molecule has 0 fully saturated rings. The van der Waals surface area contributed by atoms with Crippen LogP contribution in [0.1, 0.15) is 43.7 Å². The maximum Gasteiger partial charge on any atom is 0.00274 e. The molecule has 0 N–H and O–H groups in total. The number of benzene rings is 1. The minimum Gasteiger partial charge on any atom is -0.0732 e. The summed E-state index contributed by atoms with van der Waals surface area (Å²) in [5.74, 6) is 0.672. The Morgan fingerprint density at radius 2 is 1.92 bits per heavy atom. The lowest BCUT2D eigenvalue weighted by Gasteiger charge is -2.06. The zero-order valence-corrected chi connectivity index (χ0v) is 8.38. The Balaban J connectivity index is 2.47. The molecule has 1 aliphatic carbocycles. The minimum absolute atomic E-state index is 0.672. The molecule has 0 amide bonds. The fourth-order valence-corrected chi connectivity index (χ4v) is 2.18. The van der Waals surface area contributed by atoms with Gasteiger partial charge in [-0.3, -0.25) is 0 Å². The second-order valence-electron chi connectivity index (χ2n) is 3.65. The molecule has 0 saturated carbocycles. The molecule has 0 radical (unpaired) electrons. The molecule has 0 saturated heterocycles. The molecule has 0 spiro atoms. The van der Waals surface area contributed by atoms with Crippen molar-refractivity contribution < 1.29 is 0 Å². The van der Waals surface area contributed by atoms with Crippen LogP contribution < -0.4 is 0 Å². The van der Waals surface area contributed by atoms with Crippen LogP contribution in [0.3, 0.4) is 0 Å². The minimum atomic E-state index is 0.672. The molecule has 0 nitrogen and oxygen atoms in total. The third-order valence-corrected chi connectivity index (χ3v) is 2.93. The molecule has 1 unspecified atom stereocenters. The summed E-state index contributed by atoms with van der Waals surface area (Å²) < 4.78 is 0. The smallest absolute Gasteiger partial charge is 0.00274 e. The van der Waals surface area contributed by atoms with Crippen molar-refractivity contribution >= 4 is 5.57 Å². The number of hydrogen-bond acceptors (Lipinski definition) is 0. The molecule has 0 aromatic heterocycles. The second kappa shape index (κ2) is 3.37. The lowest BCUT2D eigenvalue weighted by molar-refractivity contribution is 0.818. The lowest BCUT2D eigenvalue weighted by atomic mass is 9.98. The van der Waals surface area contributed by atoms with Gasteiger partial charge in [0, 0.05) is 5.92 Å². The van der Waals surface area contributed by atoms with Crippen molar-refractivity contribution in [2.24, 2.45) is 0 Å². The Morgan fingerprint density at radius 1 is 1.15 bits per heavy atom. The molecule has 1 aromatic rings. The fraction of sp³-hybridized carbons (Fsp3) is 0.385. The second-order valence-corrected chi connectivity index (χ2v) is 3.65. The first-order chi connectivity index (χ1) is 6.36. The molecule has 0 heterocycles. The number of fused-ring (bicyclic) bond motifs is 1. The first-order valence-corrected chi connectivity index (χ1v) is 5.16. The van der Waals surface area contributed by atoms with E-state index in [9.17, 15) is 0 Å². The van der Waals surface area contributed by atoms with Crippen molar-refractivity contribution in [1.82, 2.24) is 0 Å². The molecular formula is C13H16. The molecule has 0 aliphatic heterocycles. The Labute approximate surface area is 80.3 Å². The fourth-order valence-electron chi connectivity index (χ4n) is 2.18. The topological polar surface area (TPSA) is 0 Å². The van der Waals surface area contributed by atoms with Gasteiger partial charge in [0.2, 0.25) is 0 Å². The van der Waals surface area contributed by atoms with Crippen molar-refractivity contribution in [3.63, 3.8) is 0 Å². The third kappa shape index (κ3) is 1.31. The lowest BCUT2D eigenvalue weighted by Crippen LogP contribution is -1.89. The van der Waals surface area contributed by atoms with Gasteiger partial charge in [-0.15, -0.1) is 0 Å². The van der Waals surface area contributed by atoms with E-state index in [1.54, 1.807) is 0 Å². The Hall–Kier alpha value is -1.04. The number of rotatable bonds is 2. The molecule has 1 atom stereocenters. The number of hydrogen-bond donors (Lipinski definition) is 0. The highest BCUT2D eigenvalue weighted by atomic mass is 14.2. The van der Waals surface area contributed by atoms with Crippen LogP contribution in [0, 0.1) is 0 Å². The van der Waals surface area contributed by atoms with Gasteiger partial charge in [0.1, 0.15) is 0 Å². The van der Waals surface area contributed by atoms with Gasteiger partial charge in [-0.05, 0) is 29.5 Å². The van der Waals surface area contributed by atoms with Crippen molar-refractivity contribution in [3.8, 4) is 0 Å². The summed E-state index contributed by atoms with van der Waals surface area (Å²) in [4.78, 5) is 0. The van der Waals surface area contributed by atoms with E-state index < -0.39 is 0 Å². The third-order valence-electron chi connectivity index (χ3n) is 2.93. The van der Waals surface area contributed by atoms with Crippen LogP contribution in [-0.4, -0.2) is 0 Å². The quantitative estimate of drug-likeness (QED) is 0.632. The van der Waals surface area contributed by atoms with E-state index in [1.807, 2.05) is 0 Å². The van der Waals surface area contributed by atoms with Crippen LogP contribution in [0.5, 0.6) is 0 Å². The highest BCUT2D eigenvalue weighted by Gasteiger charge is 2.19. The van der Waals surface area contributed by atoms with Crippen molar-refractivity contribution in [3.05, 3.63) is 41.5 Å². The predicted octanol–water partition coefficient (Wildman–Crippen LogP) is 3.99. The van der Waals surface area contributed by atoms with Crippen LogP contribution in [0.15, 0.2) is 30.3 Å². The van der Waals surface area contributed by atoms with Crippen LogP contribution in [0.4, 0.5) is 0 Å². The van der Waals surface area contributed by atoms with E-state index in [0.29, 0.717) is 5.92 Å². The van der Waals surface area contributed by atoms with Gasteiger partial charge in [0.25, 0.3) is 0 Å². The standard InChI is InChI=1S/C13H16/c1-3-10-9-11(4-2)13-8-6-5-7-12(10)13/h5-10H,3-4H2,1-2H3. The van der Waals surface area contributed by atoms with Crippen LogP contribution in [-0.2, 0) is 0 Å². The summed E-state index contributed by atoms with van der Waals surface area (Å²) >= 11 is 0. The van der Waals surface area contributed by atoms with Crippen molar-refractivity contribution in [2.45, 2.75) is 32.6 Å². The summed E-state index contributed by atoms with van der Waals surface area (Å²) in [6.07, 6.45) is 4.82. The molecule has 1 aromatic carbocycles. The van der Waals surface area contributed by atoms with Crippen molar-refractivity contribution in [2.75, 3.05) is 0 Å². The van der Waals surface area contributed by atoms with E-state index in [4.69, 9.17) is 0 Å². The highest BCUT2D eigenvalue weighted by molar-refractivity contribution is 5.74. The van der Waals surface area contributed by atoms with Crippen LogP contribution >= 0.6 is 0 Å². The van der Waals surface area contributed by atoms with Gasteiger partial charge in [-0.25, -0.2) is 0 Å². The SMILES string of the molecule is CCC1=CC(CC)c2ccccc21. The van der Waals surface area contributed by atoms with Gasteiger partial charge in [-0.2, -0.15) is 0 Å². The average molecular weight is 172 g/mol. The van der Waals surface area contributed by atoms with Gasteiger partial charge >= 0.3 is 0 Å². The summed E-state index contributed by atoms with van der Waals surface area (Å²) in [6, 6.07) is 8.80.